The highest BCUT2D eigenvalue weighted by atomic mass is 19.4. The molecule has 9 heteroatoms. The number of aliphatic carboxylic acids is 1. The second kappa shape index (κ2) is 3.86. The van der Waals surface area contributed by atoms with Gasteiger partial charge in [-0.1, -0.05) is 0 Å². The second-order valence-corrected chi connectivity index (χ2v) is 3.46. The predicted molar refractivity (Wildman–Crippen MR) is 52.1 cm³/mol. The highest BCUT2D eigenvalue weighted by Crippen LogP contribution is 2.28. The van der Waals surface area contributed by atoms with Crippen LogP contribution < -0.4 is 5.56 Å². The molecule has 2 aromatic heterocycles. The van der Waals surface area contributed by atoms with E-state index in [1.54, 1.807) is 0 Å². The lowest BCUT2D eigenvalue weighted by Crippen LogP contribution is -2.24. The van der Waals surface area contributed by atoms with Crippen LogP contribution in [0.15, 0.2) is 23.1 Å². The Balaban J connectivity index is 2.69. The van der Waals surface area contributed by atoms with Gasteiger partial charge in [-0.25, -0.2) is 4.52 Å². The number of carboxylic acid groups (broad SMARTS) is 1. The van der Waals surface area contributed by atoms with Crippen LogP contribution in [0.5, 0.6) is 0 Å². The van der Waals surface area contributed by atoms with Crippen LogP contribution in [0, 0.1) is 0 Å². The summed E-state index contributed by atoms with van der Waals surface area (Å²) in [7, 11) is 0. The van der Waals surface area contributed by atoms with E-state index in [0.29, 0.717) is 10.6 Å². The summed E-state index contributed by atoms with van der Waals surface area (Å²) in [6.07, 6.45) is -3.61. The van der Waals surface area contributed by atoms with E-state index in [2.05, 4.69) is 5.10 Å². The van der Waals surface area contributed by atoms with Crippen molar-refractivity contribution in [3.63, 3.8) is 0 Å². The molecule has 0 spiro atoms. The zero-order valence-electron chi connectivity index (χ0n) is 8.68. The van der Waals surface area contributed by atoms with Crippen molar-refractivity contribution < 1.29 is 23.1 Å². The zero-order valence-corrected chi connectivity index (χ0v) is 8.68. The lowest BCUT2D eigenvalue weighted by Gasteiger charge is -2.03. The predicted octanol–water partition coefficient (Wildman–Crippen LogP) is 0.599. The Morgan fingerprint density at radius 3 is 2.67 bits per heavy atom. The fraction of sp³-hybridized carbons (Fsp3) is 0.222. The van der Waals surface area contributed by atoms with Gasteiger partial charge in [0.05, 0.1) is 0 Å². The molecule has 18 heavy (non-hydrogen) atoms. The third-order valence-electron chi connectivity index (χ3n) is 2.20. The van der Waals surface area contributed by atoms with Crippen molar-refractivity contribution in [3.05, 3.63) is 34.4 Å². The van der Waals surface area contributed by atoms with Crippen molar-refractivity contribution in [1.29, 1.82) is 0 Å². The fourth-order valence-corrected chi connectivity index (χ4v) is 1.47. The van der Waals surface area contributed by atoms with E-state index < -0.39 is 29.9 Å². The molecule has 0 amide bonds. The maximum Gasteiger partial charge on any atom is 0.435 e. The normalized spacial score (nSPS) is 11.9. The molecule has 0 radical (unpaired) electrons. The smallest absolute Gasteiger partial charge is 0.435 e. The van der Waals surface area contributed by atoms with Crippen molar-refractivity contribution >= 4 is 11.6 Å². The molecule has 0 bridgehead atoms. The van der Waals surface area contributed by atoms with Gasteiger partial charge in [0.2, 0.25) is 0 Å². The topological polar surface area (TPSA) is 76.6 Å². The van der Waals surface area contributed by atoms with Gasteiger partial charge in [0.1, 0.15) is 12.2 Å². The molecule has 0 saturated heterocycles. The number of rotatable bonds is 2. The molecular weight excluding hydrogens is 255 g/mol. The average Bonchev–Trinajstić information content (AvgIpc) is 2.65. The minimum absolute atomic E-state index is 0.225. The van der Waals surface area contributed by atoms with Crippen molar-refractivity contribution in [1.82, 2.24) is 14.2 Å². The van der Waals surface area contributed by atoms with Crippen LogP contribution in [0.1, 0.15) is 5.69 Å². The van der Waals surface area contributed by atoms with Crippen LogP contribution in [-0.4, -0.2) is 25.3 Å². The SMILES string of the molecule is O=C(O)Cn1c(=O)ccn2nc(C(F)(F)F)cc12. The fourth-order valence-electron chi connectivity index (χ4n) is 1.47. The first-order chi connectivity index (χ1) is 8.29. The Labute approximate surface area is 96.9 Å². The van der Waals surface area contributed by atoms with Crippen molar-refractivity contribution in [2.45, 2.75) is 12.7 Å². The molecular formula is C9H6F3N3O3. The Morgan fingerprint density at radius 2 is 2.11 bits per heavy atom. The minimum atomic E-state index is -4.66. The molecule has 0 aliphatic heterocycles. The first-order valence-corrected chi connectivity index (χ1v) is 4.67. The van der Waals surface area contributed by atoms with Crippen LogP contribution in [0.25, 0.3) is 5.65 Å². The summed E-state index contributed by atoms with van der Waals surface area (Å²) in [5.41, 5.74) is -2.12. The Bertz CT molecular complexity index is 671. The Kier molecular flexibility index (Phi) is 2.60. The molecule has 0 fully saturated rings. The average molecular weight is 261 g/mol. The van der Waals surface area contributed by atoms with Gasteiger partial charge in [0, 0.05) is 18.3 Å². The highest BCUT2D eigenvalue weighted by Gasteiger charge is 2.34. The van der Waals surface area contributed by atoms with Gasteiger partial charge in [-0.3, -0.25) is 14.2 Å². The quantitative estimate of drug-likeness (QED) is 0.858. The molecule has 0 aliphatic rings. The molecule has 2 rings (SSSR count). The molecule has 1 N–H and O–H groups in total. The van der Waals surface area contributed by atoms with Gasteiger partial charge in [-0.2, -0.15) is 18.3 Å². The van der Waals surface area contributed by atoms with Crippen LogP contribution in [-0.2, 0) is 17.5 Å². The minimum Gasteiger partial charge on any atom is -0.480 e. The molecule has 0 atom stereocenters. The van der Waals surface area contributed by atoms with E-state index in [4.69, 9.17) is 5.11 Å². The van der Waals surface area contributed by atoms with Crippen LogP contribution in [0.2, 0.25) is 0 Å². The second-order valence-electron chi connectivity index (χ2n) is 3.46. The van der Waals surface area contributed by atoms with Gasteiger partial charge >= 0.3 is 12.1 Å². The third kappa shape index (κ3) is 2.06. The molecule has 0 aliphatic carbocycles. The van der Waals surface area contributed by atoms with E-state index in [1.165, 1.54) is 0 Å². The number of hydrogen-bond donors (Lipinski definition) is 1. The van der Waals surface area contributed by atoms with Crippen molar-refractivity contribution in [3.8, 4) is 0 Å². The zero-order chi connectivity index (χ0) is 13.5. The maximum absolute atomic E-state index is 12.4. The van der Waals surface area contributed by atoms with E-state index in [9.17, 15) is 22.8 Å². The number of carboxylic acids is 1. The number of alkyl halides is 3. The molecule has 0 unspecified atom stereocenters. The summed E-state index contributed by atoms with van der Waals surface area (Å²) in [6.45, 7) is -0.730. The van der Waals surface area contributed by atoms with Gasteiger partial charge < -0.3 is 5.11 Å². The molecule has 0 saturated carbocycles. The van der Waals surface area contributed by atoms with Gasteiger partial charge in [-0.05, 0) is 0 Å². The van der Waals surface area contributed by atoms with Crippen LogP contribution >= 0.6 is 0 Å². The first-order valence-electron chi connectivity index (χ1n) is 4.67. The monoisotopic (exact) mass is 261 g/mol. The summed E-state index contributed by atoms with van der Waals surface area (Å²) >= 11 is 0. The Morgan fingerprint density at radius 1 is 1.44 bits per heavy atom. The van der Waals surface area contributed by atoms with Crippen LogP contribution in [0.4, 0.5) is 13.2 Å². The summed E-state index contributed by atoms with van der Waals surface area (Å²) in [4.78, 5) is 22.0. The number of hydrogen-bond acceptors (Lipinski definition) is 3. The molecule has 0 aromatic carbocycles. The summed E-state index contributed by atoms with van der Waals surface area (Å²) in [5.74, 6) is -1.33. The summed E-state index contributed by atoms with van der Waals surface area (Å²) in [5, 5.41) is 11.8. The number of fused-ring (bicyclic) bond motifs is 1. The van der Waals surface area contributed by atoms with E-state index in [1.807, 2.05) is 0 Å². The molecule has 6 nitrogen and oxygen atoms in total. The molecule has 96 valence electrons. The molecule has 2 aromatic rings. The number of carbonyl (C=O) groups is 1. The highest BCUT2D eigenvalue weighted by molar-refractivity contribution is 5.67. The van der Waals surface area contributed by atoms with Gasteiger partial charge in [0.25, 0.3) is 5.56 Å². The van der Waals surface area contributed by atoms with E-state index in [-0.39, 0.29) is 5.65 Å². The molecule has 2 heterocycles. The summed E-state index contributed by atoms with van der Waals surface area (Å²) < 4.78 is 38.8. The Hall–Kier alpha value is -2.32. The van der Waals surface area contributed by atoms with Crippen molar-refractivity contribution in [2.75, 3.05) is 0 Å². The lowest BCUT2D eigenvalue weighted by atomic mass is 10.4. The van der Waals surface area contributed by atoms with Gasteiger partial charge in [-0.15, -0.1) is 0 Å². The summed E-state index contributed by atoms with van der Waals surface area (Å²) in [6, 6.07) is 1.58. The maximum atomic E-state index is 12.4. The van der Waals surface area contributed by atoms with Gasteiger partial charge in [0.15, 0.2) is 5.69 Å². The van der Waals surface area contributed by atoms with Crippen molar-refractivity contribution in [2.24, 2.45) is 0 Å². The lowest BCUT2D eigenvalue weighted by molar-refractivity contribution is -0.141. The first kappa shape index (κ1) is 12.1. The number of nitrogens with zero attached hydrogens (tertiary/aromatic N) is 3. The van der Waals surface area contributed by atoms with Crippen LogP contribution in [0.3, 0.4) is 0 Å². The largest absolute Gasteiger partial charge is 0.480 e. The van der Waals surface area contributed by atoms with E-state index in [0.717, 1.165) is 16.8 Å². The third-order valence-corrected chi connectivity index (χ3v) is 2.20. The standard InChI is InChI=1S/C9H6F3N3O3/c10-9(11,12)5-3-6-14(4-8(17)18)7(16)1-2-15(6)13-5/h1-3H,4H2,(H,17,18). The number of aromatic nitrogens is 3. The number of halogens is 3. The van der Waals surface area contributed by atoms with E-state index >= 15 is 0 Å².